The van der Waals surface area contributed by atoms with Crippen LogP contribution in [0, 0.1) is 0 Å². The fraction of sp³-hybridized carbons (Fsp3) is 0.385. The molecule has 18 heavy (non-hydrogen) atoms. The van der Waals surface area contributed by atoms with E-state index in [-0.39, 0.29) is 5.38 Å². The van der Waals surface area contributed by atoms with Crippen molar-refractivity contribution in [1.82, 2.24) is 9.36 Å². The maximum atomic E-state index is 6.32. The van der Waals surface area contributed by atoms with Crippen LogP contribution in [0.15, 0.2) is 30.3 Å². The van der Waals surface area contributed by atoms with Crippen LogP contribution < -0.4 is 5.32 Å². The summed E-state index contributed by atoms with van der Waals surface area (Å²) in [5, 5.41) is 4.03. The molecule has 0 spiro atoms. The van der Waals surface area contributed by atoms with Crippen molar-refractivity contribution in [3.05, 3.63) is 41.7 Å². The molecule has 0 fully saturated rings. The Labute approximate surface area is 116 Å². The zero-order chi connectivity index (χ0) is 12.8. The van der Waals surface area contributed by atoms with Gasteiger partial charge in [-0.05, 0) is 12.0 Å². The van der Waals surface area contributed by atoms with Crippen molar-refractivity contribution in [2.75, 3.05) is 11.9 Å². The molecule has 0 saturated carbocycles. The molecule has 0 aliphatic carbocycles. The van der Waals surface area contributed by atoms with E-state index in [1.165, 1.54) is 11.5 Å². The second kappa shape index (κ2) is 6.71. The number of rotatable bonds is 6. The molecular weight excluding hydrogens is 266 g/mol. The largest absolute Gasteiger partial charge is 0.358 e. The van der Waals surface area contributed by atoms with Gasteiger partial charge in [-0.3, -0.25) is 0 Å². The predicted octanol–water partition coefficient (Wildman–Crippen LogP) is 3.88. The number of halogens is 1. The summed E-state index contributed by atoms with van der Waals surface area (Å²) in [6.45, 7) is 2.78. The lowest BCUT2D eigenvalue weighted by atomic mass is 10.1. The normalized spacial score (nSPS) is 12.3. The molecule has 0 aliphatic heterocycles. The summed E-state index contributed by atoms with van der Waals surface area (Å²) >= 11 is 7.71. The first kappa shape index (κ1) is 13.3. The number of nitrogens with one attached hydrogen (secondary N) is 1. The molecule has 0 aliphatic rings. The molecule has 96 valence electrons. The lowest BCUT2D eigenvalue weighted by molar-refractivity contribution is 0.860. The highest BCUT2D eigenvalue weighted by Crippen LogP contribution is 2.21. The maximum Gasteiger partial charge on any atom is 0.202 e. The molecule has 1 aromatic carbocycles. The van der Waals surface area contributed by atoms with Gasteiger partial charge >= 0.3 is 0 Å². The Kier molecular flexibility index (Phi) is 4.96. The van der Waals surface area contributed by atoms with Crippen LogP contribution in [0.25, 0.3) is 0 Å². The van der Waals surface area contributed by atoms with Crippen molar-refractivity contribution in [2.24, 2.45) is 0 Å². The van der Waals surface area contributed by atoms with Gasteiger partial charge in [-0.1, -0.05) is 37.3 Å². The van der Waals surface area contributed by atoms with Gasteiger partial charge in [-0.2, -0.15) is 4.37 Å². The SMILES string of the molecule is CCCc1nsc(NCC(Cl)c2ccccc2)n1. The van der Waals surface area contributed by atoms with Crippen LogP contribution in [0.4, 0.5) is 5.13 Å². The van der Waals surface area contributed by atoms with Crippen LogP contribution in [-0.2, 0) is 6.42 Å². The van der Waals surface area contributed by atoms with Crippen LogP contribution in [0.5, 0.6) is 0 Å². The van der Waals surface area contributed by atoms with Crippen LogP contribution in [0.3, 0.4) is 0 Å². The number of alkyl halides is 1. The summed E-state index contributed by atoms with van der Waals surface area (Å²) in [6.07, 6.45) is 2.00. The number of hydrogen-bond donors (Lipinski definition) is 1. The second-order valence-corrected chi connectivity index (χ2v) is 5.30. The van der Waals surface area contributed by atoms with E-state index in [1.54, 1.807) is 0 Å². The van der Waals surface area contributed by atoms with Crippen LogP contribution in [0.2, 0.25) is 0 Å². The third-order valence-corrected chi connectivity index (χ3v) is 3.65. The second-order valence-electron chi connectivity index (χ2n) is 4.02. The van der Waals surface area contributed by atoms with E-state index >= 15 is 0 Å². The van der Waals surface area contributed by atoms with Gasteiger partial charge in [-0.25, -0.2) is 4.98 Å². The Balaban J connectivity index is 1.87. The van der Waals surface area contributed by atoms with E-state index in [9.17, 15) is 0 Å². The smallest absolute Gasteiger partial charge is 0.202 e. The zero-order valence-electron chi connectivity index (χ0n) is 10.3. The van der Waals surface area contributed by atoms with E-state index < -0.39 is 0 Å². The molecule has 2 aromatic rings. The van der Waals surface area contributed by atoms with Crippen molar-refractivity contribution in [2.45, 2.75) is 25.1 Å². The van der Waals surface area contributed by atoms with E-state index in [2.05, 4.69) is 21.6 Å². The summed E-state index contributed by atoms with van der Waals surface area (Å²) in [4.78, 5) is 4.40. The fourth-order valence-electron chi connectivity index (χ4n) is 1.61. The molecule has 1 unspecified atom stereocenters. The molecule has 1 heterocycles. The third kappa shape index (κ3) is 3.68. The summed E-state index contributed by atoms with van der Waals surface area (Å²) in [5.41, 5.74) is 1.12. The molecule has 0 amide bonds. The Morgan fingerprint density at radius 1 is 1.33 bits per heavy atom. The van der Waals surface area contributed by atoms with Gasteiger partial charge in [0.2, 0.25) is 5.13 Å². The summed E-state index contributed by atoms with van der Waals surface area (Å²) in [5.74, 6) is 0.913. The first-order valence-corrected chi connectivity index (χ1v) is 7.26. The average molecular weight is 282 g/mol. The summed E-state index contributed by atoms with van der Waals surface area (Å²) in [6, 6.07) is 10.0. The average Bonchev–Trinajstić information content (AvgIpc) is 2.85. The van der Waals surface area contributed by atoms with Crippen molar-refractivity contribution in [3.8, 4) is 0 Å². The Morgan fingerprint density at radius 3 is 2.83 bits per heavy atom. The van der Waals surface area contributed by atoms with Crippen molar-refractivity contribution in [1.29, 1.82) is 0 Å². The molecule has 1 N–H and O–H groups in total. The van der Waals surface area contributed by atoms with Crippen LogP contribution in [-0.4, -0.2) is 15.9 Å². The number of nitrogens with zero attached hydrogens (tertiary/aromatic N) is 2. The molecule has 1 atom stereocenters. The van der Waals surface area contributed by atoms with Gasteiger partial charge in [0.05, 0.1) is 5.38 Å². The van der Waals surface area contributed by atoms with E-state index in [1.807, 2.05) is 30.3 Å². The number of hydrogen-bond acceptors (Lipinski definition) is 4. The van der Waals surface area contributed by atoms with Gasteiger partial charge in [0.1, 0.15) is 5.82 Å². The third-order valence-electron chi connectivity index (χ3n) is 2.54. The maximum absolute atomic E-state index is 6.32. The number of benzene rings is 1. The highest BCUT2D eigenvalue weighted by Gasteiger charge is 2.08. The number of aromatic nitrogens is 2. The molecular formula is C13H16ClN3S. The Hall–Kier alpha value is -1.13. The van der Waals surface area contributed by atoms with Crippen molar-refractivity contribution >= 4 is 28.3 Å². The molecule has 0 radical (unpaired) electrons. The molecule has 5 heteroatoms. The highest BCUT2D eigenvalue weighted by molar-refractivity contribution is 7.09. The monoisotopic (exact) mass is 281 g/mol. The first-order chi connectivity index (χ1) is 8.79. The first-order valence-electron chi connectivity index (χ1n) is 6.05. The summed E-state index contributed by atoms with van der Waals surface area (Å²) < 4.78 is 4.28. The minimum Gasteiger partial charge on any atom is -0.358 e. The zero-order valence-corrected chi connectivity index (χ0v) is 11.8. The van der Waals surface area contributed by atoms with Gasteiger partial charge in [0.25, 0.3) is 0 Å². The Bertz CT molecular complexity index is 472. The predicted molar refractivity (Wildman–Crippen MR) is 77.4 cm³/mol. The van der Waals surface area contributed by atoms with Crippen LogP contribution in [0.1, 0.15) is 30.1 Å². The van der Waals surface area contributed by atoms with Gasteiger partial charge in [0, 0.05) is 24.5 Å². The van der Waals surface area contributed by atoms with Gasteiger partial charge in [0.15, 0.2) is 0 Å². The van der Waals surface area contributed by atoms with E-state index in [0.29, 0.717) is 6.54 Å². The minimum absolute atomic E-state index is 0.0512. The lowest BCUT2D eigenvalue weighted by Crippen LogP contribution is -2.07. The minimum atomic E-state index is -0.0512. The van der Waals surface area contributed by atoms with Gasteiger partial charge < -0.3 is 5.32 Å². The summed E-state index contributed by atoms with van der Waals surface area (Å²) in [7, 11) is 0. The quantitative estimate of drug-likeness (QED) is 0.817. The standard InChI is InChI=1S/C13H16ClN3S/c1-2-6-12-16-13(18-17-12)15-9-11(14)10-7-4-3-5-8-10/h3-5,7-8,11H,2,6,9H2,1H3,(H,15,16,17). The van der Waals surface area contributed by atoms with Crippen molar-refractivity contribution in [3.63, 3.8) is 0 Å². The Morgan fingerprint density at radius 2 is 2.11 bits per heavy atom. The number of aryl methyl sites for hydroxylation is 1. The molecule has 0 bridgehead atoms. The molecule has 3 nitrogen and oxygen atoms in total. The fourth-order valence-corrected chi connectivity index (χ4v) is 2.45. The molecule has 2 rings (SSSR count). The highest BCUT2D eigenvalue weighted by atomic mass is 35.5. The topological polar surface area (TPSA) is 37.8 Å². The van der Waals surface area contributed by atoms with E-state index in [4.69, 9.17) is 11.6 Å². The number of anilines is 1. The van der Waals surface area contributed by atoms with Crippen LogP contribution >= 0.6 is 23.1 Å². The lowest BCUT2D eigenvalue weighted by Gasteiger charge is -2.09. The molecule has 0 saturated heterocycles. The van der Waals surface area contributed by atoms with E-state index in [0.717, 1.165) is 29.4 Å². The van der Waals surface area contributed by atoms with Gasteiger partial charge in [-0.15, -0.1) is 11.6 Å². The molecule has 1 aromatic heterocycles. The van der Waals surface area contributed by atoms with Crippen molar-refractivity contribution < 1.29 is 0 Å².